The summed E-state index contributed by atoms with van der Waals surface area (Å²) in [7, 11) is 0. The molecule has 1 amide bonds. The lowest BCUT2D eigenvalue weighted by Crippen LogP contribution is -2.61. The minimum absolute atomic E-state index is 0.0229. The maximum atomic E-state index is 12.5. The second kappa shape index (κ2) is 8.43. The summed E-state index contributed by atoms with van der Waals surface area (Å²) in [5, 5.41) is 12.1. The lowest BCUT2D eigenvalue weighted by molar-refractivity contribution is -0.151. The molecule has 0 unspecified atom stereocenters. The summed E-state index contributed by atoms with van der Waals surface area (Å²) >= 11 is 0. The molecular formula is C17H24N2O4. The third-order valence-corrected chi connectivity index (χ3v) is 3.68. The predicted molar refractivity (Wildman–Crippen MR) is 87.0 cm³/mol. The summed E-state index contributed by atoms with van der Waals surface area (Å²) in [6, 6.07) is 8.25. The number of Topliss-reactive ketones (excluding diaryl/α,β-unsaturated/α-hetero) is 1. The molecule has 6 heteroatoms. The standard InChI is InChI=1S/C17H24N2O4/c1-12(2)14(20)17(16(22)23,10-6-7-11-18)19-15(21)13-8-4-3-5-9-13/h3-5,8-9,12H,6-7,10-11,18H2,1-2H3,(H,19,21)(H,22,23)/t17-/m1/s1. The number of rotatable bonds is 9. The zero-order chi connectivity index (χ0) is 17.5. The van der Waals surface area contributed by atoms with Gasteiger partial charge in [0.15, 0.2) is 11.3 Å². The van der Waals surface area contributed by atoms with E-state index in [0.717, 1.165) is 0 Å². The van der Waals surface area contributed by atoms with E-state index in [9.17, 15) is 19.5 Å². The Labute approximate surface area is 136 Å². The fourth-order valence-corrected chi connectivity index (χ4v) is 2.40. The Morgan fingerprint density at radius 1 is 1.17 bits per heavy atom. The summed E-state index contributed by atoms with van der Waals surface area (Å²) in [6.45, 7) is 3.65. The Hall–Kier alpha value is -2.21. The van der Waals surface area contributed by atoms with Crippen molar-refractivity contribution in [3.63, 3.8) is 0 Å². The van der Waals surface area contributed by atoms with Gasteiger partial charge in [0.2, 0.25) is 0 Å². The molecule has 1 aromatic carbocycles. The van der Waals surface area contributed by atoms with Gasteiger partial charge in [-0.05, 0) is 37.9 Å². The molecule has 1 atom stereocenters. The minimum atomic E-state index is -1.92. The number of carbonyl (C=O) groups excluding carboxylic acids is 2. The number of carboxylic acid groups (broad SMARTS) is 1. The van der Waals surface area contributed by atoms with Crippen molar-refractivity contribution in [2.45, 2.75) is 38.6 Å². The van der Waals surface area contributed by atoms with E-state index in [-0.39, 0.29) is 6.42 Å². The summed E-state index contributed by atoms with van der Waals surface area (Å²) in [5.74, 6) is -2.93. The number of carbonyl (C=O) groups is 3. The number of aliphatic carboxylic acids is 1. The van der Waals surface area contributed by atoms with Gasteiger partial charge in [-0.1, -0.05) is 32.0 Å². The second-order valence-electron chi connectivity index (χ2n) is 5.80. The summed E-state index contributed by atoms with van der Waals surface area (Å²) in [5.41, 5.74) is 3.84. The van der Waals surface area contributed by atoms with Gasteiger partial charge in [-0.15, -0.1) is 0 Å². The monoisotopic (exact) mass is 320 g/mol. The second-order valence-corrected chi connectivity index (χ2v) is 5.80. The van der Waals surface area contributed by atoms with Crippen molar-refractivity contribution in [1.29, 1.82) is 0 Å². The van der Waals surface area contributed by atoms with E-state index in [0.29, 0.717) is 24.9 Å². The molecule has 4 N–H and O–H groups in total. The van der Waals surface area contributed by atoms with Gasteiger partial charge in [-0.25, -0.2) is 4.79 Å². The number of carboxylic acids is 1. The number of nitrogens with two attached hydrogens (primary N) is 1. The molecule has 0 radical (unpaired) electrons. The molecule has 126 valence electrons. The Kier molecular flexibility index (Phi) is 6.90. The molecule has 0 fully saturated rings. The highest BCUT2D eigenvalue weighted by molar-refractivity contribution is 6.12. The van der Waals surface area contributed by atoms with E-state index in [1.54, 1.807) is 44.2 Å². The molecular weight excluding hydrogens is 296 g/mol. The van der Waals surface area contributed by atoms with E-state index < -0.39 is 29.1 Å². The van der Waals surface area contributed by atoms with Crippen LogP contribution in [0.25, 0.3) is 0 Å². The molecule has 6 nitrogen and oxygen atoms in total. The highest BCUT2D eigenvalue weighted by atomic mass is 16.4. The molecule has 0 bridgehead atoms. The fourth-order valence-electron chi connectivity index (χ4n) is 2.40. The third-order valence-electron chi connectivity index (χ3n) is 3.68. The summed E-state index contributed by atoms with van der Waals surface area (Å²) in [6.07, 6.45) is 1.05. The highest BCUT2D eigenvalue weighted by Crippen LogP contribution is 2.22. The van der Waals surface area contributed by atoms with Crippen LogP contribution >= 0.6 is 0 Å². The topological polar surface area (TPSA) is 109 Å². The maximum absolute atomic E-state index is 12.5. The average molecular weight is 320 g/mol. The number of unbranched alkanes of at least 4 members (excludes halogenated alkanes) is 1. The van der Waals surface area contributed by atoms with Gasteiger partial charge in [-0.2, -0.15) is 0 Å². The van der Waals surface area contributed by atoms with Crippen molar-refractivity contribution >= 4 is 17.7 Å². The lowest BCUT2D eigenvalue weighted by atomic mass is 9.82. The zero-order valence-corrected chi connectivity index (χ0v) is 13.5. The molecule has 0 saturated heterocycles. The van der Waals surface area contributed by atoms with Crippen molar-refractivity contribution in [2.75, 3.05) is 6.54 Å². The van der Waals surface area contributed by atoms with E-state index in [4.69, 9.17) is 5.73 Å². The number of nitrogens with one attached hydrogen (secondary N) is 1. The van der Waals surface area contributed by atoms with Crippen molar-refractivity contribution in [2.24, 2.45) is 11.7 Å². The lowest BCUT2D eigenvalue weighted by Gasteiger charge is -2.30. The number of hydrogen-bond acceptors (Lipinski definition) is 4. The van der Waals surface area contributed by atoms with Gasteiger partial charge >= 0.3 is 5.97 Å². The van der Waals surface area contributed by atoms with Gasteiger partial charge in [0.05, 0.1) is 0 Å². The predicted octanol–water partition coefficient (Wildman–Crippen LogP) is 1.59. The first kappa shape index (κ1) is 18.8. The normalized spacial score (nSPS) is 13.4. The van der Waals surface area contributed by atoms with Gasteiger partial charge in [-0.3, -0.25) is 9.59 Å². The van der Waals surface area contributed by atoms with E-state index in [2.05, 4.69) is 5.32 Å². The molecule has 1 rings (SSSR count). The Bertz CT molecular complexity index is 557. The number of hydrogen-bond donors (Lipinski definition) is 3. The van der Waals surface area contributed by atoms with Crippen molar-refractivity contribution < 1.29 is 19.5 Å². The average Bonchev–Trinajstić information content (AvgIpc) is 2.53. The van der Waals surface area contributed by atoms with Gasteiger partial charge < -0.3 is 16.2 Å². The van der Waals surface area contributed by atoms with Crippen LogP contribution in [0, 0.1) is 5.92 Å². The van der Waals surface area contributed by atoms with Crippen LogP contribution in [0.1, 0.15) is 43.5 Å². The first-order chi connectivity index (χ1) is 10.8. The maximum Gasteiger partial charge on any atom is 0.337 e. The SMILES string of the molecule is CC(C)C(=O)[C@@](CCCCN)(NC(=O)c1ccccc1)C(=O)O. The van der Waals surface area contributed by atoms with Crippen LogP contribution in [0.2, 0.25) is 0 Å². The molecule has 0 aliphatic carbocycles. The zero-order valence-electron chi connectivity index (χ0n) is 13.5. The summed E-state index contributed by atoms with van der Waals surface area (Å²) < 4.78 is 0. The van der Waals surface area contributed by atoms with Crippen molar-refractivity contribution in [3.8, 4) is 0 Å². The molecule has 0 saturated carbocycles. The number of ketones is 1. The van der Waals surface area contributed by atoms with Crippen molar-refractivity contribution in [1.82, 2.24) is 5.32 Å². The van der Waals surface area contributed by atoms with Crippen LogP contribution in [0.3, 0.4) is 0 Å². The quantitative estimate of drug-likeness (QED) is 0.473. The molecule has 0 aromatic heterocycles. The largest absolute Gasteiger partial charge is 0.479 e. The van der Waals surface area contributed by atoms with Gasteiger partial charge in [0, 0.05) is 11.5 Å². The molecule has 0 aliphatic heterocycles. The molecule has 1 aromatic rings. The highest BCUT2D eigenvalue weighted by Gasteiger charge is 2.47. The van der Waals surface area contributed by atoms with E-state index in [1.807, 2.05) is 0 Å². The van der Waals surface area contributed by atoms with E-state index in [1.165, 1.54) is 0 Å². The molecule has 23 heavy (non-hydrogen) atoms. The Balaban J connectivity index is 3.12. The van der Waals surface area contributed by atoms with Crippen LogP contribution in [0.4, 0.5) is 0 Å². The van der Waals surface area contributed by atoms with Gasteiger partial charge in [0.1, 0.15) is 0 Å². The summed E-state index contributed by atoms with van der Waals surface area (Å²) in [4.78, 5) is 36.8. The van der Waals surface area contributed by atoms with Gasteiger partial charge in [0.25, 0.3) is 5.91 Å². The smallest absolute Gasteiger partial charge is 0.337 e. The first-order valence-corrected chi connectivity index (χ1v) is 7.70. The van der Waals surface area contributed by atoms with Crippen molar-refractivity contribution in [3.05, 3.63) is 35.9 Å². The fraction of sp³-hybridized carbons (Fsp3) is 0.471. The van der Waals surface area contributed by atoms with Crippen LogP contribution in [-0.2, 0) is 9.59 Å². The third kappa shape index (κ3) is 4.63. The minimum Gasteiger partial charge on any atom is -0.479 e. The van der Waals surface area contributed by atoms with E-state index >= 15 is 0 Å². The number of amides is 1. The molecule has 0 heterocycles. The van der Waals surface area contributed by atoms with Crippen LogP contribution < -0.4 is 11.1 Å². The number of benzene rings is 1. The van der Waals surface area contributed by atoms with Crippen LogP contribution in [0.5, 0.6) is 0 Å². The first-order valence-electron chi connectivity index (χ1n) is 7.70. The van der Waals surface area contributed by atoms with Crippen LogP contribution in [0.15, 0.2) is 30.3 Å². The Morgan fingerprint density at radius 3 is 2.26 bits per heavy atom. The Morgan fingerprint density at radius 2 is 1.78 bits per heavy atom. The molecule has 0 spiro atoms. The molecule has 0 aliphatic rings. The van der Waals surface area contributed by atoms with Crippen LogP contribution in [-0.4, -0.2) is 34.8 Å².